The Labute approximate surface area is 201 Å². The van der Waals surface area contributed by atoms with Gasteiger partial charge in [0.2, 0.25) is 0 Å². The van der Waals surface area contributed by atoms with Crippen LogP contribution in [0.5, 0.6) is 0 Å². The highest BCUT2D eigenvalue weighted by molar-refractivity contribution is 6.45. The molecule has 4 aromatic rings. The molecule has 9 nitrogen and oxygen atoms in total. The number of fused-ring (bicyclic) bond motifs is 1. The van der Waals surface area contributed by atoms with Crippen LogP contribution in [0.25, 0.3) is 22.3 Å². The number of rotatable bonds is 4. The molecule has 4 heterocycles. The fourth-order valence-corrected chi connectivity index (χ4v) is 4.47. The molecule has 1 saturated heterocycles. The van der Waals surface area contributed by atoms with Crippen LogP contribution in [0.1, 0.15) is 27.6 Å². The zero-order valence-corrected chi connectivity index (χ0v) is 19.1. The first-order chi connectivity index (χ1) is 16.9. The SMILES string of the molecule is C[C@@H]1CN(C(=O)c2ccccc2)CCN1C(=O)C(=O)c1c[nH]c2c(-c3cccc(N)n3)nccc12. The van der Waals surface area contributed by atoms with Gasteiger partial charge >= 0.3 is 0 Å². The second-order valence-electron chi connectivity index (χ2n) is 8.53. The number of ketones is 1. The molecule has 9 heteroatoms. The fourth-order valence-electron chi connectivity index (χ4n) is 4.47. The van der Waals surface area contributed by atoms with Crippen molar-refractivity contribution in [3.05, 3.63) is 78.1 Å². The van der Waals surface area contributed by atoms with Crippen molar-refractivity contribution in [3.63, 3.8) is 0 Å². The van der Waals surface area contributed by atoms with Gasteiger partial charge in [0, 0.05) is 49.0 Å². The van der Waals surface area contributed by atoms with Crippen LogP contribution in [0.3, 0.4) is 0 Å². The van der Waals surface area contributed by atoms with Crippen molar-refractivity contribution in [1.29, 1.82) is 0 Å². The number of piperazine rings is 1. The molecule has 2 amide bonds. The Kier molecular flexibility index (Phi) is 5.74. The van der Waals surface area contributed by atoms with Crippen LogP contribution in [0.4, 0.5) is 5.82 Å². The van der Waals surface area contributed by atoms with E-state index in [-0.39, 0.29) is 24.1 Å². The van der Waals surface area contributed by atoms with E-state index >= 15 is 0 Å². The Morgan fingerprint density at radius 1 is 1.03 bits per heavy atom. The Hall–Kier alpha value is -4.53. The van der Waals surface area contributed by atoms with Gasteiger partial charge in [-0.05, 0) is 37.3 Å². The van der Waals surface area contributed by atoms with Gasteiger partial charge in [-0.25, -0.2) is 4.98 Å². The molecular weight excluding hydrogens is 444 g/mol. The van der Waals surface area contributed by atoms with Gasteiger partial charge in [0.05, 0.1) is 16.8 Å². The highest BCUT2D eigenvalue weighted by Crippen LogP contribution is 2.28. The van der Waals surface area contributed by atoms with E-state index in [4.69, 9.17) is 5.73 Å². The van der Waals surface area contributed by atoms with Crippen LogP contribution < -0.4 is 5.73 Å². The maximum absolute atomic E-state index is 13.3. The zero-order valence-electron chi connectivity index (χ0n) is 19.1. The summed E-state index contributed by atoms with van der Waals surface area (Å²) >= 11 is 0. The molecule has 1 aliphatic rings. The van der Waals surface area contributed by atoms with Gasteiger partial charge in [-0.1, -0.05) is 24.3 Å². The molecular formula is C26H24N6O3. The first-order valence-electron chi connectivity index (χ1n) is 11.3. The maximum Gasteiger partial charge on any atom is 0.295 e. The number of nitrogens with two attached hydrogens (primary N) is 1. The number of nitrogens with zero attached hydrogens (tertiary/aromatic N) is 4. The number of benzene rings is 1. The Morgan fingerprint density at radius 2 is 1.83 bits per heavy atom. The van der Waals surface area contributed by atoms with Crippen LogP contribution >= 0.6 is 0 Å². The Morgan fingerprint density at radius 3 is 2.57 bits per heavy atom. The number of carbonyl (C=O) groups excluding carboxylic acids is 3. The summed E-state index contributed by atoms with van der Waals surface area (Å²) in [5.41, 5.74) is 8.40. The largest absolute Gasteiger partial charge is 0.384 e. The van der Waals surface area contributed by atoms with E-state index in [2.05, 4.69) is 15.0 Å². The number of Topliss-reactive ketones (excluding diaryl/α,β-unsaturated/α-hetero) is 1. The van der Waals surface area contributed by atoms with Crippen LogP contribution in [0.15, 0.2) is 67.0 Å². The highest BCUT2D eigenvalue weighted by atomic mass is 16.2. The standard InChI is InChI=1S/C26H24N6O3/c1-16-15-31(25(34)17-6-3-2-4-7-17)12-13-32(16)26(35)24(33)19-14-29-22-18(19)10-11-28-23(22)20-8-5-9-21(27)30-20/h2-11,14,16,29H,12-13,15H2,1H3,(H2,27,30)/t16-/m1/s1. The topological polar surface area (TPSA) is 125 Å². The summed E-state index contributed by atoms with van der Waals surface area (Å²) in [6.07, 6.45) is 3.11. The molecule has 0 bridgehead atoms. The summed E-state index contributed by atoms with van der Waals surface area (Å²) < 4.78 is 0. The summed E-state index contributed by atoms with van der Waals surface area (Å²) in [6.45, 7) is 2.85. The number of hydrogen-bond donors (Lipinski definition) is 2. The van der Waals surface area contributed by atoms with Gasteiger partial charge in [0.15, 0.2) is 0 Å². The van der Waals surface area contributed by atoms with Gasteiger partial charge in [-0.2, -0.15) is 0 Å². The third kappa shape index (κ3) is 4.12. The quantitative estimate of drug-likeness (QED) is 0.350. The van der Waals surface area contributed by atoms with Crippen LogP contribution in [-0.2, 0) is 4.79 Å². The summed E-state index contributed by atoms with van der Waals surface area (Å²) in [4.78, 5) is 54.3. The molecule has 1 atom stereocenters. The minimum Gasteiger partial charge on any atom is -0.384 e. The number of nitrogens with one attached hydrogen (secondary N) is 1. The molecule has 3 N–H and O–H groups in total. The number of H-pyrrole nitrogens is 1. The number of aromatic amines is 1. The number of amides is 2. The molecule has 0 unspecified atom stereocenters. The van der Waals surface area contributed by atoms with E-state index in [1.807, 2.05) is 25.1 Å². The lowest BCUT2D eigenvalue weighted by Crippen LogP contribution is -2.56. The number of pyridine rings is 2. The summed E-state index contributed by atoms with van der Waals surface area (Å²) in [7, 11) is 0. The zero-order chi connectivity index (χ0) is 24.5. The predicted octanol–water partition coefficient (Wildman–Crippen LogP) is 2.76. The average molecular weight is 469 g/mol. The third-order valence-electron chi connectivity index (χ3n) is 6.25. The van der Waals surface area contributed by atoms with E-state index in [9.17, 15) is 14.4 Å². The van der Waals surface area contributed by atoms with Crippen molar-refractivity contribution in [2.75, 3.05) is 25.4 Å². The summed E-state index contributed by atoms with van der Waals surface area (Å²) in [6, 6.07) is 15.7. The minimum absolute atomic E-state index is 0.0808. The Bertz CT molecular complexity index is 1430. The van der Waals surface area contributed by atoms with Crippen molar-refractivity contribution < 1.29 is 14.4 Å². The molecule has 1 fully saturated rings. The third-order valence-corrected chi connectivity index (χ3v) is 6.25. The first kappa shape index (κ1) is 22.3. The van der Waals surface area contributed by atoms with E-state index in [1.54, 1.807) is 47.5 Å². The molecule has 176 valence electrons. The number of anilines is 1. The molecule has 1 aliphatic heterocycles. The Balaban J connectivity index is 1.36. The first-order valence-corrected chi connectivity index (χ1v) is 11.3. The molecule has 0 aliphatic carbocycles. The number of hydrogen-bond acceptors (Lipinski definition) is 6. The maximum atomic E-state index is 13.3. The van der Waals surface area contributed by atoms with E-state index in [0.29, 0.717) is 46.8 Å². The fraction of sp³-hybridized carbons (Fsp3) is 0.192. The summed E-state index contributed by atoms with van der Waals surface area (Å²) in [5.74, 6) is -0.921. The average Bonchev–Trinajstić information content (AvgIpc) is 3.32. The molecule has 35 heavy (non-hydrogen) atoms. The molecule has 0 radical (unpaired) electrons. The number of carbonyl (C=O) groups is 3. The molecule has 3 aromatic heterocycles. The van der Waals surface area contributed by atoms with Gasteiger partial charge in [-0.3, -0.25) is 19.4 Å². The number of nitrogen functional groups attached to an aromatic ring is 1. The summed E-state index contributed by atoms with van der Waals surface area (Å²) in [5, 5.41) is 0.586. The van der Waals surface area contributed by atoms with Gasteiger partial charge < -0.3 is 20.5 Å². The van der Waals surface area contributed by atoms with Crippen LogP contribution in [0.2, 0.25) is 0 Å². The van der Waals surface area contributed by atoms with Crippen LogP contribution in [0, 0.1) is 0 Å². The molecule has 0 saturated carbocycles. The van der Waals surface area contributed by atoms with Crippen molar-refractivity contribution in [3.8, 4) is 11.4 Å². The lowest BCUT2D eigenvalue weighted by atomic mass is 10.1. The van der Waals surface area contributed by atoms with Crippen molar-refractivity contribution >= 4 is 34.3 Å². The van der Waals surface area contributed by atoms with Gasteiger partial charge in [-0.15, -0.1) is 0 Å². The second-order valence-corrected chi connectivity index (χ2v) is 8.53. The van der Waals surface area contributed by atoms with Gasteiger partial charge in [0.1, 0.15) is 11.5 Å². The smallest absolute Gasteiger partial charge is 0.295 e. The van der Waals surface area contributed by atoms with Crippen molar-refractivity contribution in [1.82, 2.24) is 24.8 Å². The number of aromatic nitrogens is 3. The van der Waals surface area contributed by atoms with E-state index < -0.39 is 11.7 Å². The lowest BCUT2D eigenvalue weighted by molar-refractivity contribution is -0.130. The lowest BCUT2D eigenvalue weighted by Gasteiger charge is -2.39. The van der Waals surface area contributed by atoms with E-state index in [0.717, 1.165) is 0 Å². The second kappa shape index (κ2) is 9.02. The minimum atomic E-state index is -0.608. The normalized spacial score (nSPS) is 15.9. The molecule has 0 spiro atoms. The van der Waals surface area contributed by atoms with Gasteiger partial charge in [0.25, 0.3) is 17.6 Å². The predicted molar refractivity (Wildman–Crippen MR) is 132 cm³/mol. The van der Waals surface area contributed by atoms with E-state index in [1.165, 1.54) is 11.1 Å². The van der Waals surface area contributed by atoms with Crippen molar-refractivity contribution in [2.24, 2.45) is 0 Å². The molecule has 5 rings (SSSR count). The highest BCUT2D eigenvalue weighted by Gasteiger charge is 2.34. The monoisotopic (exact) mass is 468 g/mol. The molecule has 1 aromatic carbocycles. The van der Waals surface area contributed by atoms with Crippen molar-refractivity contribution in [2.45, 2.75) is 13.0 Å². The van der Waals surface area contributed by atoms with Crippen LogP contribution in [-0.4, -0.2) is 68.0 Å².